The van der Waals surface area contributed by atoms with Gasteiger partial charge in [-0.2, -0.15) is 0 Å². The number of nitrogens with zero attached hydrogens (tertiary/aromatic N) is 2. The lowest BCUT2D eigenvalue weighted by atomic mass is 9.48. The van der Waals surface area contributed by atoms with Gasteiger partial charge in [-0.15, -0.1) is 0 Å². The molecule has 4 aliphatic rings. The van der Waals surface area contributed by atoms with Gasteiger partial charge in [0.15, 0.2) is 17.3 Å². The smallest absolute Gasteiger partial charge is 0.328 e. The molecule has 6 nitrogen and oxygen atoms in total. The maximum Gasteiger partial charge on any atom is 0.328 e. The number of methoxy groups -OCH3 is 1. The van der Waals surface area contributed by atoms with E-state index in [1.165, 1.54) is 50.2 Å². The van der Waals surface area contributed by atoms with Crippen LogP contribution in [0.2, 0.25) is 0 Å². The first-order chi connectivity index (χ1) is 18.0. The van der Waals surface area contributed by atoms with Crippen LogP contribution in [0.5, 0.6) is 11.5 Å². The zero-order valence-electron chi connectivity index (χ0n) is 21.1. The Morgan fingerprint density at radius 2 is 1.68 bits per heavy atom. The summed E-state index contributed by atoms with van der Waals surface area (Å²) in [7, 11) is 1.69. The summed E-state index contributed by atoms with van der Waals surface area (Å²) in [5.74, 6) is 3.51. The summed E-state index contributed by atoms with van der Waals surface area (Å²) < 4.78 is 12.5. The van der Waals surface area contributed by atoms with Gasteiger partial charge in [-0.3, -0.25) is 0 Å². The standard InChI is InChI=1S/C31H32N2O4/c1-36-27-13-25(30-32-17-21(18-33-30)7-8-28(34)35)12-26(29(27)37-19-20-5-3-2-4-6-20)31-14-22-9-23(15-31)11-24(10-22)16-31/h2-8,12-13,17-18,22-24H,9-11,14-16,19H2,1H3,(H,34,35)/b8-7+. The van der Waals surface area contributed by atoms with Crippen molar-refractivity contribution in [3.05, 3.63) is 77.6 Å². The van der Waals surface area contributed by atoms with Crippen molar-refractivity contribution in [1.82, 2.24) is 9.97 Å². The predicted octanol–water partition coefficient (Wildman–Crippen LogP) is 6.30. The number of carboxylic acid groups (broad SMARTS) is 1. The van der Waals surface area contributed by atoms with Crippen LogP contribution in [0.3, 0.4) is 0 Å². The van der Waals surface area contributed by atoms with Gasteiger partial charge in [-0.1, -0.05) is 30.3 Å². The molecule has 0 spiro atoms. The highest BCUT2D eigenvalue weighted by molar-refractivity contribution is 5.85. The second kappa shape index (κ2) is 9.66. The second-order valence-electron chi connectivity index (χ2n) is 11.0. The molecule has 4 saturated carbocycles. The van der Waals surface area contributed by atoms with Crippen molar-refractivity contribution in [2.24, 2.45) is 17.8 Å². The highest BCUT2D eigenvalue weighted by Gasteiger charge is 2.53. The van der Waals surface area contributed by atoms with Crippen LogP contribution in [0.4, 0.5) is 0 Å². The molecular weight excluding hydrogens is 464 g/mol. The van der Waals surface area contributed by atoms with E-state index in [9.17, 15) is 4.79 Å². The normalized spacial score (nSPS) is 25.9. The second-order valence-corrected chi connectivity index (χ2v) is 11.0. The molecule has 4 bridgehead atoms. The Kier molecular flexibility index (Phi) is 6.19. The lowest BCUT2D eigenvalue weighted by Gasteiger charge is -2.57. The predicted molar refractivity (Wildman–Crippen MR) is 141 cm³/mol. The monoisotopic (exact) mass is 496 g/mol. The molecule has 1 aromatic heterocycles. The number of benzene rings is 2. The Hall–Kier alpha value is -3.67. The van der Waals surface area contributed by atoms with Gasteiger partial charge in [0, 0.05) is 35.2 Å². The lowest BCUT2D eigenvalue weighted by Crippen LogP contribution is -2.48. The van der Waals surface area contributed by atoms with Gasteiger partial charge in [0.2, 0.25) is 0 Å². The number of ether oxygens (including phenoxy) is 2. The SMILES string of the molecule is COc1cc(-c2ncc(/C=C/C(=O)O)cn2)cc(C23CC4CC(CC(C4)C2)C3)c1OCc1ccccc1. The summed E-state index contributed by atoms with van der Waals surface area (Å²) in [4.78, 5) is 20.0. The number of hydrogen-bond donors (Lipinski definition) is 1. The Balaban J connectivity index is 1.42. The molecule has 4 fully saturated rings. The molecule has 0 saturated heterocycles. The molecule has 0 unspecified atom stereocenters. The van der Waals surface area contributed by atoms with Crippen molar-refractivity contribution in [3.8, 4) is 22.9 Å². The zero-order chi connectivity index (χ0) is 25.4. The van der Waals surface area contributed by atoms with E-state index in [1.807, 2.05) is 24.3 Å². The van der Waals surface area contributed by atoms with Crippen molar-refractivity contribution in [2.75, 3.05) is 7.11 Å². The lowest BCUT2D eigenvalue weighted by molar-refractivity contribution is -0.131. The Labute approximate surface area is 217 Å². The van der Waals surface area contributed by atoms with Crippen LogP contribution in [0.25, 0.3) is 17.5 Å². The molecule has 0 atom stereocenters. The summed E-state index contributed by atoms with van der Waals surface area (Å²) in [5.41, 5.74) is 3.98. The maximum absolute atomic E-state index is 10.9. The summed E-state index contributed by atoms with van der Waals surface area (Å²) in [6.45, 7) is 0.483. The molecule has 0 radical (unpaired) electrons. The van der Waals surface area contributed by atoms with Crippen LogP contribution >= 0.6 is 0 Å². The van der Waals surface area contributed by atoms with E-state index in [1.54, 1.807) is 19.5 Å². The Morgan fingerprint density at radius 3 is 2.27 bits per heavy atom. The highest BCUT2D eigenvalue weighted by atomic mass is 16.5. The molecule has 0 aliphatic heterocycles. The van der Waals surface area contributed by atoms with Gasteiger partial charge in [-0.25, -0.2) is 14.8 Å². The fourth-order valence-corrected chi connectivity index (χ4v) is 7.34. The Bertz CT molecular complexity index is 1280. The third-order valence-corrected chi connectivity index (χ3v) is 8.46. The topological polar surface area (TPSA) is 81.5 Å². The van der Waals surface area contributed by atoms with Crippen LogP contribution in [0, 0.1) is 17.8 Å². The van der Waals surface area contributed by atoms with Gasteiger partial charge in [-0.05, 0) is 85.5 Å². The van der Waals surface area contributed by atoms with Crippen molar-refractivity contribution < 1.29 is 19.4 Å². The van der Waals surface area contributed by atoms with E-state index in [4.69, 9.17) is 14.6 Å². The molecule has 3 aromatic rings. The number of aliphatic carboxylic acids is 1. The molecular formula is C31H32N2O4. The van der Waals surface area contributed by atoms with Gasteiger partial charge in [0.1, 0.15) is 6.61 Å². The minimum atomic E-state index is -1.000. The number of aromatic nitrogens is 2. The average molecular weight is 497 g/mol. The summed E-state index contributed by atoms with van der Waals surface area (Å²) in [5, 5.41) is 8.90. The van der Waals surface area contributed by atoms with E-state index in [-0.39, 0.29) is 5.41 Å². The minimum Gasteiger partial charge on any atom is -0.493 e. The quantitative estimate of drug-likeness (QED) is 0.369. The molecule has 190 valence electrons. The summed E-state index contributed by atoms with van der Waals surface area (Å²) in [6.07, 6.45) is 13.6. The van der Waals surface area contributed by atoms with Crippen molar-refractivity contribution in [2.45, 2.75) is 50.5 Å². The van der Waals surface area contributed by atoms with Gasteiger partial charge in [0.25, 0.3) is 0 Å². The zero-order valence-corrected chi connectivity index (χ0v) is 21.1. The van der Waals surface area contributed by atoms with E-state index >= 15 is 0 Å². The molecule has 1 N–H and O–H groups in total. The largest absolute Gasteiger partial charge is 0.493 e. The third kappa shape index (κ3) is 4.73. The van der Waals surface area contributed by atoms with Crippen LogP contribution in [0.15, 0.2) is 60.9 Å². The first-order valence-corrected chi connectivity index (χ1v) is 13.1. The maximum atomic E-state index is 10.9. The highest BCUT2D eigenvalue weighted by Crippen LogP contribution is 2.63. The molecule has 2 aromatic carbocycles. The van der Waals surface area contributed by atoms with Gasteiger partial charge in [0.05, 0.1) is 7.11 Å². The third-order valence-electron chi connectivity index (χ3n) is 8.46. The number of rotatable bonds is 8. The van der Waals surface area contributed by atoms with Gasteiger partial charge < -0.3 is 14.6 Å². The summed E-state index contributed by atoms with van der Waals surface area (Å²) in [6, 6.07) is 14.4. The van der Waals surface area contributed by atoms with Crippen molar-refractivity contribution in [1.29, 1.82) is 0 Å². The molecule has 6 heteroatoms. The fourth-order valence-electron chi connectivity index (χ4n) is 7.34. The number of hydrogen-bond acceptors (Lipinski definition) is 5. The Morgan fingerprint density at radius 1 is 1.03 bits per heavy atom. The van der Waals surface area contributed by atoms with E-state index < -0.39 is 5.97 Å². The first-order valence-electron chi connectivity index (χ1n) is 13.1. The van der Waals surface area contributed by atoms with Crippen molar-refractivity contribution >= 4 is 12.0 Å². The van der Waals surface area contributed by atoms with Crippen molar-refractivity contribution in [3.63, 3.8) is 0 Å². The van der Waals surface area contributed by atoms with E-state index in [2.05, 4.69) is 28.2 Å². The van der Waals surface area contributed by atoms with Crippen LogP contribution in [0.1, 0.15) is 55.2 Å². The number of carboxylic acids is 1. The molecule has 37 heavy (non-hydrogen) atoms. The molecule has 4 aliphatic carbocycles. The average Bonchev–Trinajstić information content (AvgIpc) is 2.90. The van der Waals surface area contributed by atoms with E-state index in [0.29, 0.717) is 23.7 Å². The first kappa shape index (κ1) is 23.7. The van der Waals surface area contributed by atoms with E-state index in [0.717, 1.165) is 40.7 Å². The van der Waals surface area contributed by atoms with Crippen LogP contribution in [-0.4, -0.2) is 28.2 Å². The minimum absolute atomic E-state index is 0.0915. The fraction of sp³-hybridized carbons (Fsp3) is 0.387. The molecule has 1 heterocycles. The summed E-state index contributed by atoms with van der Waals surface area (Å²) >= 11 is 0. The molecule has 0 amide bonds. The van der Waals surface area contributed by atoms with Crippen LogP contribution < -0.4 is 9.47 Å². The van der Waals surface area contributed by atoms with Crippen LogP contribution in [-0.2, 0) is 16.8 Å². The van der Waals surface area contributed by atoms with Gasteiger partial charge >= 0.3 is 5.97 Å². The molecule has 7 rings (SSSR count). The number of carbonyl (C=O) groups is 1.